The molecule has 0 saturated carbocycles. The number of hydrogen-bond donors (Lipinski definition) is 0. The van der Waals surface area contributed by atoms with Gasteiger partial charge in [0.2, 0.25) is 0 Å². The van der Waals surface area contributed by atoms with Crippen molar-refractivity contribution >= 4 is 11.9 Å². The van der Waals surface area contributed by atoms with Crippen molar-refractivity contribution in [2.75, 3.05) is 0 Å². The van der Waals surface area contributed by atoms with E-state index in [-0.39, 0.29) is 6.42 Å². The van der Waals surface area contributed by atoms with Crippen LogP contribution < -0.4 is 0 Å². The molecule has 0 aliphatic carbocycles. The molecular weight excluding hydrogens is 182 g/mol. The summed E-state index contributed by atoms with van der Waals surface area (Å²) < 4.78 is 4.57. The maximum atomic E-state index is 11.3. The number of pyridine rings is 1. The van der Waals surface area contributed by atoms with Crippen LogP contribution in [0.2, 0.25) is 0 Å². The van der Waals surface area contributed by atoms with Crippen LogP contribution in [0.15, 0.2) is 24.5 Å². The van der Waals surface area contributed by atoms with Crippen LogP contribution in [-0.4, -0.2) is 16.9 Å². The third-order valence-corrected chi connectivity index (χ3v) is 1.58. The van der Waals surface area contributed by atoms with Gasteiger partial charge >= 0.3 is 11.9 Å². The SMILES string of the molecule is CCCC(=O)OC(=O)c1ccncc1. The Morgan fingerprint density at radius 3 is 2.57 bits per heavy atom. The second-order valence-electron chi connectivity index (χ2n) is 2.75. The van der Waals surface area contributed by atoms with Crippen LogP contribution in [0.1, 0.15) is 30.1 Å². The first-order valence-corrected chi connectivity index (χ1v) is 4.39. The highest BCUT2D eigenvalue weighted by Gasteiger charge is 2.11. The summed E-state index contributed by atoms with van der Waals surface area (Å²) >= 11 is 0. The summed E-state index contributed by atoms with van der Waals surface area (Å²) in [4.78, 5) is 26.0. The lowest BCUT2D eigenvalue weighted by Crippen LogP contribution is -2.11. The normalized spacial score (nSPS) is 9.50. The number of aromatic nitrogens is 1. The number of rotatable bonds is 3. The molecule has 0 aromatic carbocycles. The Bertz CT molecular complexity index is 321. The molecule has 0 radical (unpaired) electrons. The highest BCUT2D eigenvalue weighted by Crippen LogP contribution is 2.01. The molecule has 1 aromatic rings. The van der Waals surface area contributed by atoms with E-state index in [9.17, 15) is 9.59 Å². The third kappa shape index (κ3) is 2.97. The van der Waals surface area contributed by atoms with Gasteiger partial charge in [-0.15, -0.1) is 0 Å². The minimum Gasteiger partial charge on any atom is -0.389 e. The van der Waals surface area contributed by atoms with Crippen molar-refractivity contribution in [2.45, 2.75) is 19.8 Å². The molecule has 0 amide bonds. The van der Waals surface area contributed by atoms with Gasteiger partial charge in [-0.1, -0.05) is 6.92 Å². The van der Waals surface area contributed by atoms with E-state index < -0.39 is 11.9 Å². The van der Waals surface area contributed by atoms with E-state index in [2.05, 4.69) is 9.72 Å². The van der Waals surface area contributed by atoms with E-state index in [0.29, 0.717) is 12.0 Å². The summed E-state index contributed by atoms with van der Waals surface area (Å²) in [7, 11) is 0. The van der Waals surface area contributed by atoms with E-state index in [1.54, 1.807) is 0 Å². The molecule has 1 aromatic heterocycles. The molecule has 4 nitrogen and oxygen atoms in total. The van der Waals surface area contributed by atoms with Crippen LogP contribution in [0.4, 0.5) is 0 Å². The number of carbonyl (C=O) groups excluding carboxylic acids is 2. The lowest BCUT2D eigenvalue weighted by atomic mass is 10.3. The minimum absolute atomic E-state index is 0.261. The van der Waals surface area contributed by atoms with Crippen molar-refractivity contribution in [1.82, 2.24) is 4.98 Å². The number of nitrogens with zero attached hydrogens (tertiary/aromatic N) is 1. The van der Waals surface area contributed by atoms with Crippen LogP contribution in [0.5, 0.6) is 0 Å². The molecule has 0 atom stereocenters. The molecule has 1 rings (SSSR count). The summed E-state index contributed by atoms with van der Waals surface area (Å²) in [5.74, 6) is -1.11. The van der Waals surface area contributed by atoms with Crippen molar-refractivity contribution in [3.8, 4) is 0 Å². The number of ether oxygens (including phenoxy) is 1. The van der Waals surface area contributed by atoms with Crippen LogP contribution in [0.25, 0.3) is 0 Å². The van der Waals surface area contributed by atoms with E-state index in [0.717, 1.165) is 0 Å². The zero-order valence-corrected chi connectivity index (χ0v) is 7.90. The summed E-state index contributed by atoms with van der Waals surface area (Å²) in [6, 6.07) is 3.00. The molecule has 0 saturated heterocycles. The van der Waals surface area contributed by atoms with Gasteiger partial charge in [-0.25, -0.2) is 4.79 Å². The lowest BCUT2D eigenvalue weighted by Gasteiger charge is -2.00. The van der Waals surface area contributed by atoms with Crippen molar-refractivity contribution in [3.63, 3.8) is 0 Å². The maximum Gasteiger partial charge on any atom is 0.345 e. The van der Waals surface area contributed by atoms with Gasteiger partial charge in [-0.2, -0.15) is 0 Å². The quantitative estimate of drug-likeness (QED) is 0.540. The molecule has 74 valence electrons. The molecule has 0 N–H and O–H groups in total. The van der Waals surface area contributed by atoms with Gasteiger partial charge in [0.25, 0.3) is 0 Å². The predicted molar refractivity (Wildman–Crippen MR) is 49.6 cm³/mol. The van der Waals surface area contributed by atoms with Crippen LogP contribution in [0.3, 0.4) is 0 Å². The number of hydrogen-bond acceptors (Lipinski definition) is 4. The molecule has 14 heavy (non-hydrogen) atoms. The van der Waals surface area contributed by atoms with E-state index in [4.69, 9.17) is 0 Å². The highest BCUT2D eigenvalue weighted by atomic mass is 16.6. The Morgan fingerprint density at radius 1 is 1.36 bits per heavy atom. The fraction of sp³-hybridized carbons (Fsp3) is 0.300. The van der Waals surface area contributed by atoms with Crippen LogP contribution in [-0.2, 0) is 9.53 Å². The Morgan fingerprint density at radius 2 is 2.00 bits per heavy atom. The van der Waals surface area contributed by atoms with Crippen LogP contribution >= 0.6 is 0 Å². The predicted octanol–water partition coefficient (Wildman–Crippen LogP) is 1.57. The third-order valence-electron chi connectivity index (χ3n) is 1.58. The minimum atomic E-state index is -0.620. The maximum absolute atomic E-state index is 11.3. The van der Waals surface area contributed by atoms with Gasteiger partial charge in [0.15, 0.2) is 0 Å². The summed E-state index contributed by atoms with van der Waals surface area (Å²) in [5.41, 5.74) is 0.337. The Kier molecular flexibility index (Phi) is 3.79. The largest absolute Gasteiger partial charge is 0.389 e. The van der Waals surface area contributed by atoms with E-state index >= 15 is 0 Å². The first-order chi connectivity index (χ1) is 6.74. The van der Waals surface area contributed by atoms with Gasteiger partial charge < -0.3 is 4.74 Å². The molecule has 0 fully saturated rings. The monoisotopic (exact) mass is 193 g/mol. The fourth-order valence-corrected chi connectivity index (χ4v) is 0.905. The summed E-state index contributed by atoms with van der Waals surface area (Å²) in [6.07, 6.45) is 3.88. The average molecular weight is 193 g/mol. The van der Waals surface area contributed by atoms with Gasteiger partial charge in [0.1, 0.15) is 0 Å². The fourth-order valence-electron chi connectivity index (χ4n) is 0.905. The van der Waals surface area contributed by atoms with Crippen molar-refractivity contribution in [2.24, 2.45) is 0 Å². The molecular formula is C10H11NO3. The molecule has 0 spiro atoms. The van der Waals surface area contributed by atoms with Crippen molar-refractivity contribution in [3.05, 3.63) is 30.1 Å². The van der Waals surface area contributed by atoms with Crippen molar-refractivity contribution in [1.29, 1.82) is 0 Å². The molecule has 0 aliphatic rings. The molecule has 1 heterocycles. The molecule has 4 heteroatoms. The van der Waals surface area contributed by atoms with Crippen LogP contribution in [0, 0.1) is 0 Å². The molecule has 0 aliphatic heterocycles. The topological polar surface area (TPSA) is 56.3 Å². The van der Waals surface area contributed by atoms with Crippen molar-refractivity contribution < 1.29 is 14.3 Å². The average Bonchev–Trinajstić information content (AvgIpc) is 2.19. The molecule has 0 bridgehead atoms. The first-order valence-electron chi connectivity index (χ1n) is 4.39. The molecule has 0 unspecified atom stereocenters. The number of carbonyl (C=O) groups is 2. The second kappa shape index (κ2) is 5.11. The first kappa shape index (κ1) is 10.4. The zero-order valence-electron chi connectivity index (χ0n) is 7.90. The van der Waals surface area contributed by atoms with Gasteiger partial charge in [0, 0.05) is 18.8 Å². The van der Waals surface area contributed by atoms with Gasteiger partial charge in [-0.05, 0) is 18.6 Å². The smallest absolute Gasteiger partial charge is 0.345 e. The standard InChI is InChI=1S/C10H11NO3/c1-2-3-9(12)14-10(13)8-4-6-11-7-5-8/h4-7H,2-3H2,1H3. The number of esters is 2. The lowest BCUT2D eigenvalue weighted by molar-refractivity contribution is -0.137. The zero-order chi connectivity index (χ0) is 10.4. The highest BCUT2D eigenvalue weighted by molar-refractivity contribution is 5.96. The summed E-state index contributed by atoms with van der Waals surface area (Å²) in [6.45, 7) is 1.85. The Labute approximate surface area is 81.9 Å². The Balaban J connectivity index is 2.55. The van der Waals surface area contributed by atoms with E-state index in [1.165, 1.54) is 24.5 Å². The van der Waals surface area contributed by atoms with Gasteiger partial charge in [0.05, 0.1) is 5.56 Å². The van der Waals surface area contributed by atoms with E-state index in [1.807, 2.05) is 6.92 Å². The summed E-state index contributed by atoms with van der Waals surface area (Å²) in [5, 5.41) is 0. The Hall–Kier alpha value is -1.71. The second-order valence-corrected chi connectivity index (χ2v) is 2.75. The van der Waals surface area contributed by atoms with Gasteiger partial charge in [-0.3, -0.25) is 9.78 Å².